The Labute approximate surface area is 127 Å². The summed E-state index contributed by atoms with van der Waals surface area (Å²) in [4.78, 5) is 19.1. The molecule has 1 aliphatic heterocycles. The third-order valence-corrected chi connectivity index (χ3v) is 4.28. The Bertz CT molecular complexity index is 510. The standard InChI is InChI=1S/C16H28N4O/c1-5-19-9-6-13(7-10-19)12-18-14-15(21)20(11-8-17-14)16(2,3)4/h8,11,13H,5-7,9-10,12H2,1-4H3,(H,17,18). The maximum absolute atomic E-state index is 12.4. The summed E-state index contributed by atoms with van der Waals surface area (Å²) in [6, 6.07) is 0. The molecule has 0 unspecified atom stereocenters. The molecule has 0 amide bonds. The molecule has 0 saturated carbocycles. The summed E-state index contributed by atoms with van der Waals surface area (Å²) in [6.07, 6.45) is 5.85. The molecule has 5 heteroatoms. The first-order valence-electron chi connectivity index (χ1n) is 7.96. The molecule has 0 radical (unpaired) electrons. The number of likely N-dealkylation sites (tertiary alicyclic amines) is 1. The van der Waals surface area contributed by atoms with Crippen molar-refractivity contribution < 1.29 is 0 Å². The lowest BCUT2D eigenvalue weighted by Gasteiger charge is -2.31. The number of aromatic nitrogens is 2. The Balaban J connectivity index is 1.97. The highest BCUT2D eigenvalue weighted by Gasteiger charge is 2.20. The molecular weight excluding hydrogens is 264 g/mol. The van der Waals surface area contributed by atoms with E-state index in [2.05, 4.69) is 22.1 Å². The van der Waals surface area contributed by atoms with Crippen LogP contribution < -0.4 is 10.9 Å². The molecule has 0 aromatic carbocycles. The van der Waals surface area contributed by atoms with Crippen LogP contribution in [0.1, 0.15) is 40.5 Å². The molecule has 21 heavy (non-hydrogen) atoms. The van der Waals surface area contributed by atoms with Gasteiger partial charge in [-0.25, -0.2) is 4.98 Å². The maximum Gasteiger partial charge on any atom is 0.293 e. The number of piperidine rings is 1. The van der Waals surface area contributed by atoms with Gasteiger partial charge in [0.15, 0.2) is 5.82 Å². The van der Waals surface area contributed by atoms with Gasteiger partial charge in [0.1, 0.15) is 0 Å². The van der Waals surface area contributed by atoms with Crippen LogP contribution in [0.25, 0.3) is 0 Å². The van der Waals surface area contributed by atoms with Crippen LogP contribution in [-0.4, -0.2) is 40.6 Å². The van der Waals surface area contributed by atoms with E-state index in [0.29, 0.717) is 11.7 Å². The highest BCUT2D eigenvalue weighted by atomic mass is 16.1. The molecule has 1 aromatic rings. The minimum atomic E-state index is -0.219. The van der Waals surface area contributed by atoms with Gasteiger partial charge in [-0.05, 0) is 59.2 Å². The van der Waals surface area contributed by atoms with Crippen molar-refractivity contribution in [2.24, 2.45) is 5.92 Å². The average Bonchev–Trinajstić information content (AvgIpc) is 2.45. The van der Waals surface area contributed by atoms with E-state index < -0.39 is 0 Å². The molecule has 118 valence electrons. The molecule has 0 aliphatic carbocycles. The van der Waals surface area contributed by atoms with Crippen molar-refractivity contribution >= 4 is 5.82 Å². The zero-order chi connectivity index (χ0) is 15.5. The van der Waals surface area contributed by atoms with Crippen LogP contribution in [0.2, 0.25) is 0 Å². The molecule has 1 fully saturated rings. The van der Waals surface area contributed by atoms with E-state index in [9.17, 15) is 4.79 Å². The maximum atomic E-state index is 12.4. The van der Waals surface area contributed by atoms with Crippen molar-refractivity contribution in [1.82, 2.24) is 14.5 Å². The van der Waals surface area contributed by atoms with Gasteiger partial charge in [-0.1, -0.05) is 6.92 Å². The largest absolute Gasteiger partial charge is 0.365 e. The number of nitrogens with one attached hydrogen (secondary N) is 1. The van der Waals surface area contributed by atoms with E-state index in [-0.39, 0.29) is 11.1 Å². The Morgan fingerprint density at radius 1 is 1.33 bits per heavy atom. The molecule has 0 bridgehead atoms. The summed E-state index contributed by atoms with van der Waals surface area (Å²) < 4.78 is 1.74. The summed E-state index contributed by atoms with van der Waals surface area (Å²) >= 11 is 0. The second kappa shape index (κ2) is 6.60. The van der Waals surface area contributed by atoms with Crippen molar-refractivity contribution in [1.29, 1.82) is 0 Å². The van der Waals surface area contributed by atoms with Gasteiger partial charge in [0.05, 0.1) is 0 Å². The smallest absolute Gasteiger partial charge is 0.293 e. The molecular formula is C16H28N4O. The van der Waals surface area contributed by atoms with Crippen LogP contribution in [0, 0.1) is 5.92 Å². The fourth-order valence-corrected chi connectivity index (χ4v) is 2.81. The van der Waals surface area contributed by atoms with Crippen LogP contribution in [0.5, 0.6) is 0 Å². The second-order valence-electron chi connectivity index (χ2n) is 6.88. The van der Waals surface area contributed by atoms with Gasteiger partial charge in [-0.15, -0.1) is 0 Å². The Kier molecular flexibility index (Phi) is 5.04. The fourth-order valence-electron chi connectivity index (χ4n) is 2.81. The number of nitrogens with zero attached hydrogens (tertiary/aromatic N) is 3. The number of hydrogen-bond donors (Lipinski definition) is 1. The quantitative estimate of drug-likeness (QED) is 0.924. The SMILES string of the molecule is CCN1CCC(CNc2nccn(C(C)(C)C)c2=O)CC1. The molecule has 2 heterocycles. The highest BCUT2D eigenvalue weighted by Crippen LogP contribution is 2.17. The first kappa shape index (κ1) is 16.0. The zero-order valence-corrected chi connectivity index (χ0v) is 13.7. The van der Waals surface area contributed by atoms with E-state index >= 15 is 0 Å². The van der Waals surface area contributed by atoms with Crippen LogP contribution >= 0.6 is 0 Å². The van der Waals surface area contributed by atoms with Crippen LogP contribution in [0.15, 0.2) is 17.2 Å². The number of rotatable bonds is 4. The normalized spacial score (nSPS) is 17.9. The molecule has 1 aliphatic rings. The molecule has 1 saturated heterocycles. The van der Waals surface area contributed by atoms with E-state index in [1.807, 2.05) is 20.8 Å². The molecule has 2 rings (SSSR count). The van der Waals surface area contributed by atoms with Crippen LogP contribution in [0.3, 0.4) is 0 Å². The molecule has 1 aromatic heterocycles. The van der Waals surface area contributed by atoms with E-state index in [0.717, 1.165) is 26.2 Å². The molecule has 5 nitrogen and oxygen atoms in total. The van der Waals surface area contributed by atoms with E-state index in [1.54, 1.807) is 17.0 Å². The Morgan fingerprint density at radius 2 is 2.00 bits per heavy atom. The van der Waals surface area contributed by atoms with Crippen molar-refractivity contribution in [3.8, 4) is 0 Å². The van der Waals surface area contributed by atoms with Crippen molar-refractivity contribution in [3.63, 3.8) is 0 Å². The Morgan fingerprint density at radius 3 is 2.57 bits per heavy atom. The third-order valence-electron chi connectivity index (χ3n) is 4.28. The molecule has 0 spiro atoms. The van der Waals surface area contributed by atoms with Crippen molar-refractivity contribution in [2.45, 2.75) is 46.1 Å². The summed E-state index contributed by atoms with van der Waals surface area (Å²) in [6.45, 7) is 12.6. The van der Waals surface area contributed by atoms with Gasteiger partial charge >= 0.3 is 0 Å². The summed E-state index contributed by atoms with van der Waals surface area (Å²) in [7, 11) is 0. The predicted molar refractivity (Wildman–Crippen MR) is 86.8 cm³/mol. The third kappa shape index (κ3) is 4.06. The van der Waals surface area contributed by atoms with Gasteiger partial charge < -0.3 is 14.8 Å². The molecule has 0 atom stereocenters. The molecule has 1 N–H and O–H groups in total. The van der Waals surface area contributed by atoms with E-state index in [1.165, 1.54) is 12.8 Å². The summed E-state index contributed by atoms with van der Waals surface area (Å²) in [5, 5.41) is 3.27. The van der Waals surface area contributed by atoms with Crippen molar-refractivity contribution in [3.05, 3.63) is 22.7 Å². The Hall–Kier alpha value is -1.36. The monoisotopic (exact) mass is 292 g/mol. The van der Waals surface area contributed by atoms with Crippen LogP contribution in [-0.2, 0) is 5.54 Å². The first-order valence-corrected chi connectivity index (χ1v) is 7.96. The number of anilines is 1. The minimum absolute atomic E-state index is 0.0315. The summed E-state index contributed by atoms with van der Waals surface area (Å²) in [5.41, 5.74) is -0.251. The topological polar surface area (TPSA) is 50.2 Å². The number of hydrogen-bond acceptors (Lipinski definition) is 4. The lowest BCUT2D eigenvalue weighted by atomic mass is 9.97. The fraction of sp³-hybridized carbons (Fsp3) is 0.750. The lowest BCUT2D eigenvalue weighted by molar-refractivity contribution is 0.198. The minimum Gasteiger partial charge on any atom is -0.365 e. The predicted octanol–water partition coefficient (Wildman–Crippen LogP) is 2.14. The van der Waals surface area contributed by atoms with Gasteiger partial charge in [0, 0.05) is 24.5 Å². The first-order chi connectivity index (χ1) is 9.91. The van der Waals surface area contributed by atoms with E-state index in [4.69, 9.17) is 0 Å². The van der Waals surface area contributed by atoms with Gasteiger partial charge in [0.2, 0.25) is 0 Å². The van der Waals surface area contributed by atoms with Gasteiger partial charge in [-0.2, -0.15) is 0 Å². The summed E-state index contributed by atoms with van der Waals surface area (Å²) in [5.74, 6) is 1.11. The van der Waals surface area contributed by atoms with Gasteiger partial charge in [0.25, 0.3) is 5.56 Å². The van der Waals surface area contributed by atoms with Crippen molar-refractivity contribution in [2.75, 3.05) is 31.5 Å². The van der Waals surface area contributed by atoms with Gasteiger partial charge in [-0.3, -0.25) is 4.79 Å². The second-order valence-corrected chi connectivity index (χ2v) is 6.88. The highest BCUT2D eigenvalue weighted by molar-refractivity contribution is 5.31. The zero-order valence-electron chi connectivity index (χ0n) is 13.7. The average molecular weight is 292 g/mol. The van der Waals surface area contributed by atoms with Crippen LogP contribution in [0.4, 0.5) is 5.82 Å². The lowest BCUT2D eigenvalue weighted by Crippen LogP contribution is -2.37.